The van der Waals surface area contributed by atoms with Gasteiger partial charge in [-0.1, -0.05) is 6.92 Å². The third-order valence-corrected chi connectivity index (χ3v) is 3.94. The summed E-state index contributed by atoms with van der Waals surface area (Å²) in [5, 5.41) is 12.7. The van der Waals surface area contributed by atoms with E-state index in [1.54, 1.807) is 0 Å². The molecule has 0 amide bonds. The molecule has 0 aromatic rings. The van der Waals surface area contributed by atoms with Crippen LogP contribution in [0.15, 0.2) is 0 Å². The Hall–Kier alpha value is -0.610. The topological polar surface area (TPSA) is 52.6 Å². The molecule has 17 heavy (non-hydrogen) atoms. The van der Waals surface area contributed by atoms with E-state index in [9.17, 15) is 9.90 Å². The van der Waals surface area contributed by atoms with Crippen molar-refractivity contribution in [3.05, 3.63) is 0 Å². The number of aliphatic carboxylic acids is 1. The summed E-state index contributed by atoms with van der Waals surface area (Å²) in [4.78, 5) is 13.3. The van der Waals surface area contributed by atoms with Crippen molar-refractivity contribution >= 4 is 5.97 Å². The standard InChI is InChI=1S/C13H24N2O2/c1-2-12(13(16)17)15-7-3-4-10(9-15)8-14-11-5-6-11/h10-12,14H,2-9H2,1H3,(H,16,17). The zero-order valence-electron chi connectivity index (χ0n) is 10.7. The van der Waals surface area contributed by atoms with E-state index < -0.39 is 5.97 Å². The molecular weight excluding hydrogens is 216 g/mol. The summed E-state index contributed by atoms with van der Waals surface area (Å²) in [6.45, 7) is 4.93. The van der Waals surface area contributed by atoms with Gasteiger partial charge in [-0.3, -0.25) is 9.69 Å². The molecule has 2 unspecified atom stereocenters. The normalized spacial score (nSPS) is 27.9. The summed E-state index contributed by atoms with van der Waals surface area (Å²) in [5.74, 6) is -0.0268. The molecule has 1 aliphatic heterocycles. The molecule has 4 heteroatoms. The third-order valence-electron chi connectivity index (χ3n) is 3.94. The predicted octanol–water partition coefficient (Wildman–Crippen LogP) is 1.31. The number of hydrogen-bond acceptors (Lipinski definition) is 3. The van der Waals surface area contributed by atoms with Crippen molar-refractivity contribution in [1.82, 2.24) is 10.2 Å². The fraction of sp³-hybridized carbons (Fsp3) is 0.923. The molecule has 2 rings (SSSR count). The highest BCUT2D eigenvalue weighted by Gasteiger charge is 2.30. The quantitative estimate of drug-likeness (QED) is 0.735. The lowest BCUT2D eigenvalue weighted by Crippen LogP contribution is -2.48. The van der Waals surface area contributed by atoms with Gasteiger partial charge in [-0.15, -0.1) is 0 Å². The van der Waals surface area contributed by atoms with Crippen LogP contribution >= 0.6 is 0 Å². The molecule has 98 valence electrons. The van der Waals surface area contributed by atoms with Crippen LogP contribution in [-0.4, -0.2) is 47.7 Å². The van der Waals surface area contributed by atoms with E-state index in [2.05, 4.69) is 10.2 Å². The Bertz CT molecular complexity index is 266. The molecule has 0 aromatic heterocycles. The maximum absolute atomic E-state index is 11.2. The van der Waals surface area contributed by atoms with Crippen molar-refractivity contribution in [3.8, 4) is 0 Å². The number of piperidine rings is 1. The Morgan fingerprint density at radius 1 is 1.47 bits per heavy atom. The van der Waals surface area contributed by atoms with Crippen LogP contribution in [0.3, 0.4) is 0 Å². The van der Waals surface area contributed by atoms with E-state index in [1.807, 2.05) is 6.92 Å². The summed E-state index contributed by atoms with van der Waals surface area (Å²) < 4.78 is 0. The van der Waals surface area contributed by atoms with Gasteiger partial charge < -0.3 is 10.4 Å². The monoisotopic (exact) mass is 240 g/mol. The lowest BCUT2D eigenvalue weighted by molar-refractivity contribution is -0.144. The smallest absolute Gasteiger partial charge is 0.320 e. The van der Waals surface area contributed by atoms with Crippen LogP contribution in [-0.2, 0) is 4.79 Å². The second-order valence-corrected chi connectivity index (χ2v) is 5.45. The number of carboxylic acids is 1. The van der Waals surface area contributed by atoms with E-state index >= 15 is 0 Å². The molecule has 1 saturated carbocycles. The highest BCUT2D eigenvalue weighted by atomic mass is 16.4. The van der Waals surface area contributed by atoms with Gasteiger partial charge in [0.05, 0.1) is 0 Å². The van der Waals surface area contributed by atoms with Crippen molar-refractivity contribution in [2.24, 2.45) is 5.92 Å². The van der Waals surface area contributed by atoms with Gasteiger partial charge in [0, 0.05) is 12.6 Å². The molecule has 1 saturated heterocycles. The molecule has 1 aliphatic carbocycles. The average molecular weight is 240 g/mol. The Labute approximate surface area is 103 Å². The molecule has 2 atom stereocenters. The SMILES string of the molecule is CCC(C(=O)O)N1CCCC(CNC2CC2)C1. The number of nitrogens with zero attached hydrogens (tertiary/aromatic N) is 1. The van der Waals surface area contributed by atoms with Gasteiger partial charge in [0.15, 0.2) is 0 Å². The van der Waals surface area contributed by atoms with Crippen molar-refractivity contribution in [2.45, 2.75) is 51.1 Å². The first-order valence-electron chi connectivity index (χ1n) is 6.91. The first-order chi connectivity index (χ1) is 8.20. The highest BCUT2D eigenvalue weighted by molar-refractivity contribution is 5.73. The maximum Gasteiger partial charge on any atom is 0.320 e. The highest BCUT2D eigenvalue weighted by Crippen LogP contribution is 2.22. The van der Waals surface area contributed by atoms with Crippen molar-refractivity contribution < 1.29 is 9.90 Å². The summed E-state index contributed by atoms with van der Waals surface area (Å²) in [7, 11) is 0. The van der Waals surface area contributed by atoms with Gasteiger partial charge in [0.1, 0.15) is 6.04 Å². The maximum atomic E-state index is 11.2. The van der Waals surface area contributed by atoms with Crippen molar-refractivity contribution in [1.29, 1.82) is 0 Å². The van der Waals surface area contributed by atoms with Crippen LogP contribution in [0.25, 0.3) is 0 Å². The molecule has 0 spiro atoms. The Kier molecular flexibility index (Phi) is 4.40. The first-order valence-corrected chi connectivity index (χ1v) is 6.91. The molecule has 2 aliphatic rings. The number of rotatable bonds is 6. The first kappa shape index (κ1) is 12.8. The molecule has 0 aromatic carbocycles. The minimum Gasteiger partial charge on any atom is -0.480 e. The van der Waals surface area contributed by atoms with E-state index in [0.29, 0.717) is 12.3 Å². The van der Waals surface area contributed by atoms with Gasteiger partial charge in [-0.05, 0) is 51.1 Å². The van der Waals surface area contributed by atoms with Gasteiger partial charge in [0.25, 0.3) is 0 Å². The van der Waals surface area contributed by atoms with Gasteiger partial charge in [-0.2, -0.15) is 0 Å². The van der Waals surface area contributed by atoms with Gasteiger partial charge in [-0.25, -0.2) is 0 Å². The Balaban J connectivity index is 1.79. The minimum atomic E-state index is -0.664. The summed E-state index contributed by atoms with van der Waals surface area (Å²) >= 11 is 0. The number of nitrogens with one attached hydrogen (secondary N) is 1. The Morgan fingerprint density at radius 2 is 2.24 bits per heavy atom. The number of hydrogen-bond donors (Lipinski definition) is 2. The van der Waals surface area contributed by atoms with Crippen LogP contribution in [0.4, 0.5) is 0 Å². The largest absolute Gasteiger partial charge is 0.480 e. The summed E-state index contributed by atoms with van der Waals surface area (Å²) in [6.07, 6.45) is 5.73. The fourth-order valence-electron chi connectivity index (χ4n) is 2.76. The van der Waals surface area contributed by atoms with Crippen LogP contribution < -0.4 is 5.32 Å². The second-order valence-electron chi connectivity index (χ2n) is 5.45. The number of likely N-dealkylation sites (tertiary alicyclic amines) is 1. The third kappa shape index (κ3) is 3.68. The van der Waals surface area contributed by atoms with Crippen molar-refractivity contribution in [2.75, 3.05) is 19.6 Å². The lowest BCUT2D eigenvalue weighted by Gasteiger charge is -2.36. The molecule has 2 N–H and O–H groups in total. The minimum absolute atomic E-state index is 0.279. The Morgan fingerprint density at radius 3 is 2.82 bits per heavy atom. The molecule has 0 bridgehead atoms. The molecular formula is C13H24N2O2. The number of carbonyl (C=O) groups is 1. The van der Waals surface area contributed by atoms with E-state index in [1.165, 1.54) is 19.3 Å². The zero-order chi connectivity index (χ0) is 12.3. The van der Waals surface area contributed by atoms with E-state index in [-0.39, 0.29) is 6.04 Å². The van der Waals surface area contributed by atoms with Crippen molar-refractivity contribution in [3.63, 3.8) is 0 Å². The van der Waals surface area contributed by atoms with E-state index in [4.69, 9.17) is 0 Å². The van der Waals surface area contributed by atoms with Crippen LogP contribution in [0, 0.1) is 5.92 Å². The van der Waals surface area contributed by atoms with Gasteiger partial charge in [0.2, 0.25) is 0 Å². The number of carboxylic acid groups (broad SMARTS) is 1. The fourth-order valence-corrected chi connectivity index (χ4v) is 2.76. The molecule has 4 nitrogen and oxygen atoms in total. The molecule has 1 heterocycles. The summed E-state index contributed by atoms with van der Waals surface area (Å²) in [6, 6.07) is 0.477. The average Bonchev–Trinajstić information content (AvgIpc) is 3.11. The van der Waals surface area contributed by atoms with Gasteiger partial charge >= 0.3 is 5.97 Å². The predicted molar refractivity (Wildman–Crippen MR) is 67.0 cm³/mol. The molecule has 0 radical (unpaired) electrons. The lowest BCUT2D eigenvalue weighted by atomic mass is 9.96. The summed E-state index contributed by atoms with van der Waals surface area (Å²) in [5.41, 5.74) is 0. The van der Waals surface area contributed by atoms with Crippen LogP contribution in [0.5, 0.6) is 0 Å². The van der Waals surface area contributed by atoms with Crippen LogP contribution in [0.1, 0.15) is 39.0 Å². The van der Waals surface area contributed by atoms with E-state index in [0.717, 1.165) is 32.1 Å². The van der Waals surface area contributed by atoms with Crippen LogP contribution in [0.2, 0.25) is 0 Å². The second kappa shape index (κ2) is 5.83. The zero-order valence-corrected chi connectivity index (χ0v) is 10.7. The molecule has 2 fully saturated rings.